The third kappa shape index (κ3) is 2.51. The summed E-state index contributed by atoms with van der Waals surface area (Å²) in [4.78, 5) is 4.70. The maximum absolute atomic E-state index is 4.70. The molecule has 0 bridgehead atoms. The molecule has 0 aromatic rings. The van der Waals surface area contributed by atoms with Gasteiger partial charge in [-0.1, -0.05) is 26.7 Å². The zero-order chi connectivity index (χ0) is 8.97. The number of aliphatic imine (C=N–C) groups is 1. The smallest absolute Gasteiger partial charge is 0.0957 e. The van der Waals surface area contributed by atoms with E-state index in [4.69, 9.17) is 4.99 Å². The van der Waals surface area contributed by atoms with Crippen LogP contribution in [0.2, 0.25) is 0 Å². The molecule has 0 amide bonds. The summed E-state index contributed by atoms with van der Waals surface area (Å²) in [5.74, 6) is 0. The first-order chi connectivity index (χ1) is 5.77. The van der Waals surface area contributed by atoms with Crippen molar-refractivity contribution >= 4 is 17.5 Å². The van der Waals surface area contributed by atoms with Crippen molar-refractivity contribution < 1.29 is 0 Å². The van der Waals surface area contributed by atoms with Crippen LogP contribution in [0.15, 0.2) is 4.99 Å². The molecule has 0 N–H and O–H groups in total. The maximum Gasteiger partial charge on any atom is 0.0957 e. The van der Waals surface area contributed by atoms with Crippen LogP contribution in [-0.2, 0) is 0 Å². The Balaban J connectivity index is 2.35. The van der Waals surface area contributed by atoms with Gasteiger partial charge in [0, 0.05) is 11.0 Å². The highest BCUT2D eigenvalue weighted by atomic mass is 32.2. The number of unbranched alkanes of at least 4 members (excludes halogenated alkanes) is 1. The Bertz CT molecular complexity index is 165. The first kappa shape index (κ1) is 10.1. The van der Waals surface area contributed by atoms with Gasteiger partial charge in [0.05, 0.1) is 5.37 Å². The molecule has 2 atom stereocenters. The molecule has 0 unspecified atom stereocenters. The minimum absolute atomic E-state index is 0.579. The van der Waals surface area contributed by atoms with Crippen molar-refractivity contribution in [3.63, 3.8) is 0 Å². The first-order valence-corrected chi connectivity index (χ1v) is 5.94. The van der Waals surface area contributed by atoms with Crippen molar-refractivity contribution in [2.24, 2.45) is 4.99 Å². The number of thioether (sulfide) groups is 1. The Morgan fingerprint density at radius 1 is 1.42 bits per heavy atom. The molecule has 0 aromatic carbocycles. The summed E-state index contributed by atoms with van der Waals surface area (Å²) >= 11 is 2.03. The fourth-order valence-electron chi connectivity index (χ4n) is 1.52. The lowest BCUT2D eigenvalue weighted by molar-refractivity contribution is 0.703. The van der Waals surface area contributed by atoms with Gasteiger partial charge in [0.2, 0.25) is 0 Å². The minimum Gasteiger partial charge on any atom is -0.279 e. The van der Waals surface area contributed by atoms with Crippen molar-refractivity contribution in [2.45, 2.75) is 57.1 Å². The van der Waals surface area contributed by atoms with Gasteiger partial charge in [-0.3, -0.25) is 4.99 Å². The summed E-state index contributed by atoms with van der Waals surface area (Å²) < 4.78 is 0. The molecule has 0 saturated carbocycles. The summed E-state index contributed by atoms with van der Waals surface area (Å²) in [6, 6.07) is 0. The van der Waals surface area contributed by atoms with E-state index in [1.54, 1.807) is 0 Å². The van der Waals surface area contributed by atoms with E-state index in [2.05, 4.69) is 20.8 Å². The van der Waals surface area contributed by atoms with Crippen LogP contribution >= 0.6 is 11.8 Å². The average Bonchev–Trinajstić information content (AvgIpc) is 2.43. The molecule has 1 rings (SSSR count). The van der Waals surface area contributed by atoms with Gasteiger partial charge in [0.25, 0.3) is 0 Å². The molecule has 0 aliphatic carbocycles. The van der Waals surface area contributed by atoms with E-state index >= 15 is 0 Å². The van der Waals surface area contributed by atoms with Crippen molar-refractivity contribution in [3.8, 4) is 0 Å². The third-order valence-electron chi connectivity index (χ3n) is 2.31. The van der Waals surface area contributed by atoms with Crippen LogP contribution in [-0.4, -0.2) is 16.3 Å². The fourth-order valence-corrected chi connectivity index (χ4v) is 2.88. The lowest BCUT2D eigenvalue weighted by Crippen LogP contribution is -2.05. The molecule has 0 fully saturated rings. The van der Waals surface area contributed by atoms with E-state index < -0.39 is 0 Å². The monoisotopic (exact) mass is 185 g/mol. The van der Waals surface area contributed by atoms with Gasteiger partial charge < -0.3 is 0 Å². The van der Waals surface area contributed by atoms with Crippen LogP contribution in [0.3, 0.4) is 0 Å². The Kier molecular flexibility index (Phi) is 4.13. The number of hydrogen-bond acceptors (Lipinski definition) is 2. The Labute approximate surface area is 80.0 Å². The molecule has 0 saturated heterocycles. The van der Waals surface area contributed by atoms with Crippen LogP contribution in [0.25, 0.3) is 0 Å². The summed E-state index contributed by atoms with van der Waals surface area (Å²) in [5, 5.41) is 1.26. The highest BCUT2D eigenvalue weighted by molar-refractivity contribution is 8.01. The largest absolute Gasteiger partial charge is 0.279 e. The van der Waals surface area contributed by atoms with Crippen molar-refractivity contribution in [1.82, 2.24) is 0 Å². The van der Waals surface area contributed by atoms with Gasteiger partial charge in [0.15, 0.2) is 0 Å². The second-order valence-electron chi connectivity index (χ2n) is 3.35. The second kappa shape index (κ2) is 4.90. The van der Waals surface area contributed by atoms with Crippen LogP contribution in [0, 0.1) is 0 Å². The summed E-state index contributed by atoms with van der Waals surface area (Å²) in [6.07, 6.45) is 5.03. The lowest BCUT2D eigenvalue weighted by Gasteiger charge is -2.05. The molecule has 70 valence electrons. The zero-order valence-electron chi connectivity index (χ0n) is 8.34. The summed E-state index contributed by atoms with van der Waals surface area (Å²) in [6.45, 7) is 6.73. The standard InChI is InChI=1S/C10H19NS/c1-4-6-7-10-11-9(5-2)8(3)12-10/h8,10H,4-7H2,1-3H3/t8-,10-/m1/s1. The fraction of sp³-hybridized carbons (Fsp3) is 0.900. The highest BCUT2D eigenvalue weighted by Crippen LogP contribution is 2.31. The minimum atomic E-state index is 0.579. The molecule has 12 heavy (non-hydrogen) atoms. The quantitative estimate of drug-likeness (QED) is 0.653. The van der Waals surface area contributed by atoms with Gasteiger partial charge in [-0.2, -0.15) is 0 Å². The highest BCUT2D eigenvalue weighted by Gasteiger charge is 2.22. The molecule has 0 spiro atoms. The van der Waals surface area contributed by atoms with E-state index in [0.29, 0.717) is 10.6 Å². The molecular formula is C10H19NS. The third-order valence-corrected chi connectivity index (χ3v) is 3.64. The predicted octanol–water partition coefficient (Wildman–Crippen LogP) is 3.49. The summed E-state index contributed by atoms with van der Waals surface area (Å²) in [5.41, 5.74) is 1.42. The normalized spacial score (nSPS) is 29.1. The second-order valence-corrected chi connectivity index (χ2v) is 4.87. The topological polar surface area (TPSA) is 12.4 Å². The van der Waals surface area contributed by atoms with E-state index in [1.807, 2.05) is 11.8 Å². The van der Waals surface area contributed by atoms with Gasteiger partial charge >= 0.3 is 0 Å². The molecular weight excluding hydrogens is 166 g/mol. The molecule has 1 heterocycles. The van der Waals surface area contributed by atoms with Crippen molar-refractivity contribution in [1.29, 1.82) is 0 Å². The van der Waals surface area contributed by atoms with E-state index in [-0.39, 0.29) is 0 Å². The van der Waals surface area contributed by atoms with Crippen LogP contribution in [0.1, 0.15) is 46.5 Å². The van der Waals surface area contributed by atoms with Crippen LogP contribution in [0.5, 0.6) is 0 Å². The Morgan fingerprint density at radius 2 is 2.17 bits per heavy atom. The molecule has 1 aliphatic rings. The lowest BCUT2D eigenvalue weighted by atomic mass is 10.2. The molecule has 0 radical (unpaired) electrons. The Hall–Kier alpha value is 0.0200. The van der Waals surface area contributed by atoms with Gasteiger partial charge in [0.1, 0.15) is 0 Å². The molecule has 1 nitrogen and oxygen atoms in total. The number of rotatable bonds is 4. The number of nitrogens with zero attached hydrogens (tertiary/aromatic N) is 1. The average molecular weight is 185 g/mol. The molecule has 0 aromatic heterocycles. The molecule has 2 heteroatoms. The van der Waals surface area contributed by atoms with E-state index in [9.17, 15) is 0 Å². The van der Waals surface area contributed by atoms with Gasteiger partial charge in [-0.25, -0.2) is 0 Å². The SMILES string of the molecule is CCCC[C@@H]1N=C(CC)[C@@H](C)S1. The number of hydrogen-bond donors (Lipinski definition) is 0. The van der Waals surface area contributed by atoms with E-state index in [0.717, 1.165) is 6.42 Å². The van der Waals surface area contributed by atoms with Crippen molar-refractivity contribution in [2.75, 3.05) is 0 Å². The Morgan fingerprint density at radius 3 is 2.67 bits per heavy atom. The van der Waals surface area contributed by atoms with Crippen LogP contribution in [0.4, 0.5) is 0 Å². The van der Waals surface area contributed by atoms with Crippen LogP contribution < -0.4 is 0 Å². The maximum atomic E-state index is 4.70. The van der Waals surface area contributed by atoms with Crippen molar-refractivity contribution in [3.05, 3.63) is 0 Å². The van der Waals surface area contributed by atoms with Gasteiger partial charge in [-0.05, 0) is 19.8 Å². The van der Waals surface area contributed by atoms with Gasteiger partial charge in [-0.15, -0.1) is 11.8 Å². The molecule has 1 aliphatic heterocycles. The predicted molar refractivity (Wildman–Crippen MR) is 58.1 cm³/mol. The van der Waals surface area contributed by atoms with E-state index in [1.165, 1.54) is 25.0 Å². The summed E-state index contributed by atoms with van der Waals surface area (Å²) in [7, 11) is 0. The first-order valence-electron chi connectivity index (χ1n) is 5.00. The zero-order valence-corrected chi connectivity index (χ0v) is 9.16.